The first-order valence-corrected chi connectivity index (χ1v) is 8.69. The summed E-state index contributed by atoms with van der Waals surface area (Å²) in [4.78, 5) is -0.102. The Hall–Kier alpha value is -0.330. The zero-order valence-corrected chi connectivity index (χ0v) is 13.2. The molecule has 0 unspecified atom stereocenters. The smallest absolute Gasteiger partial charge is 0.243 e. The Morgan fingerprint density at radius 2 is 1.75 bits per heavy atom. The summed E-state index contributed by atoms with van der Waals surface area (Å²) in [6.45, 7) is 0.180. The maximum atomic E-state index is 12.3. The van der Waals surface area contributed by atoms with Crippen LogP contribution in [0.4, 0.5) is 0 Å². The molecule has 0 spiro atoms. The van der Waals surface area contributed by atoms with Crippen molar-refractivity contribution in [2.24, 2.45) is 5.41 Å². The van der Waals surface area contributed by atoms with Crippen LogP contribution in [0.1, 0.15) is 25.7 Å². The Bertz CT molecular complexity index is 563. The second kappa shape index (κ2) is 6.20. The first-order chi connectivity index (χ1) is 9.40. The zero-order chi connectivity index (χ0) is 14.8. The highest BCUT2D eigenvalue weighted by molar-refractivity contribution is 7.89. The molecular formula is C13H17Cl2NO3S. The van der Waals surface area contributed by atoms with Gasteiger partial charge >= 0.3 is 0 Å². The molecule has 0 amide bonds. The fourth-order valence-corrected chi connectivity index (χ4v) is 4.87. The Morgan fingerprint density at radius 1 is 1.20 bits per heavy atom. The predicted molar refractivity (Wildman–Crippen MR) is 79.6 cm³/mol. The highest BCUT2D eigenvalue weighted by Gasteiger charge is 2.35. The number of aliphatic hydroxyl groups is 1. The highest BCUT2D eigenvalue weighted by Crippen LogP contribution is 2.37. The maximum absolute atomic E-state index is 12.3. The molecule has 0 atom stereocenters. The molecule has 4 nitrogen and oxygen atoms in total. The Labute approximate surface area is 129 Å². The van der Waals surface area contributed by atoms with E-state index in [-0.39, 0.29) is 33.5 Å². The van der Waals surface area contributed by atoms with Crippen molar-refractivity contribution in [3.05, 3.63) is 28.2 Å². The highest BCUT2D eigenvalue weighted by atomic mass is 35.5. The summed E-state index contributed by atoms with van der Waals surface area (Å²) in [6, 6.07) is 4.56. The minimum absolute atomic E-state index is 0.0220. The minimum Gasteiger partial charge on any atom is -0.396 e. The Kier molecular flexibility index (Phi) is 4.97. The molecule has 1 aromatic carbocycles. The van der Waals surface area contributed by atoms with E-state index in [2.05, 4.69) is 4.72 Å². The summed E-state index contributed by atoms with van der Waals surface area (Å²) in [7, 11) is -3.78. The van der Waals surface area contributed by atoms with Crippen molar-refractivity contribution in [2.75, 3.05) is 13.2 Å². The molecule has 112 valence electrons. The van der Waals surface area contributed by atoms with Crippen LogP contribution < -0.4 is 4.72 Å². The van der Waals surface area contributed by atoms with Crippen LogP contribution in [0.15, 0.2) is 23.1 Å². The first-order valence-electron chi connectivity index (χ1n) is 6.45. The summed E-state index contributed by atoms with van der Waals surface area (Å²) in [5, 5.41) is 9.69. The molecule has 1 aliphatic rings. The monoisotopic (exact) mass is 337 g/mol. The number of benzene rings is 1. The van der Waals surface area contributed by atoms with Crippen LogP contribution in [0.2, 0.25) is 10.0 Å². The van der Waals surface area contributed by atoms with E-state index in [0.717, 1.165) is 25.7 Å². The number of rotatable bonds is 5. The van der Waals surface area contributed by atoms with Gasteiger partial charge in [-0.3, -0.25) is 0 Å². The summed E-state index contributed by atoms with van der Waals surface area (Å²) < 4.78 is 27.2. The number of hydrogen-bond donors (Lipinski definition) is 2. The number of halogens is 2. The van der Waals surface area contributed by atoms with E-state index in [1.165, 1.54) is 12.1 Å². The van der Waals surface area contributed by atoms with Gasteiger partial charge in [-0.05, 0) is 25.0 Å². The topological polar surface area (TPSA) is 66.4 Å². The van der Waals surface area contributed by atoms with Crippen LogP contribution in [0.25, 0.3) is 0 Å². The van der Waals surface area contributed by atoms with Gasteiger partial charge < -0.3 is 5.11 Å². The van der Waals surface area contributed by atoms with E-state index in [4.69, 9.17) is 23.2 Å². The van der Waals surface area contributed by atoms with Crippen molar-refractivity contribution in [3.8, 4) is 0 Å². The second-order valence-electron chi connectivity index (χ2n) is 5.24. The molecular weight excluding hydrogens is 321 g/mol. The third-order valence-corrected chi connectivity index (χ3v) is 6.18. The lowest BCUT2D eigenvalue weighted by Crippen LogP contribution is -2.38. The molecule has 1 aliphatic carbocycles. The van der Waals surface area contributed by atoms with Gasteiger partial charge in [0.2, 0.25) is 10.0 Å². The molecule has 2 N–H and O–H groups in total. The largest absolute Gasteiger partial charge is 0.396 e. The summed E-state index contributed by atoms with van der Waals surface area (Å²) in [5.41, 5.74) is -0.360. The SMILES string of the molecule is O=S(=O)(NCC1(CO)CCCC1)c1c(Cl)cccc1Cl. The average Bonchev–Trinajstić information content (AvgIpc) is 2.85. The van der Waals surface area contributed by atoms with Crippen molar-refractivity contribution in [1.82, 2.24) is 4.72 Å². The van der Waals surface area contributed by atoms with Crippen molar-refractivity contribution in [3.63, 3.8) is 0 Å². The molecule has 7 heteroatoms. The molecule has 1 fully saturated rings. The minimum atomic E-state index is -3.78. The summed E-state index contributed by atoms with van der Waals surface area (Å²) in [6.07, 6.45) is 3.66. The van der Waals surface area contributed by atoms with E-state index in [1.54, 1.807) is 6.07 Å². The molecule has 2 rings (SSSR count). The van der Waals surface area contributed by atoms with Crippen LogP contribution in [-0.4, -0.2) is 26.7 Å². The van der Waals surface area contributed by atoms with Gasteiger partial charge in [-0.1, -0.05) is 42.1 Å². The van der Waals surface area contributed by atoms with E-state index >= 15 is 0 Å². The van der Waals surface area contributed by atoms with Gasteiger partial charge in [-0.25, -0.2) is 13.1 Å². The van der Waals surface area contributed by atoms with E-state index in [1.807, 2.05) is 0 Å². The zero-order valence-electron chi connectivity index (χ0n) is 10.9. The third-order valence-electron chi connectivity index (χ3n) is 3.82. The molecule has 20 heavy (non-hydrogen) atoms. The lowest BCUT2D eigenvalue weighted by molar-refractivity contribution is 0.134. The molecule has 0 aliphatic heterocycles. The quantitative estimate of drug-likeness (QED) is 0.868. The number of nitrogens with one attached hydrogen (secondary N) is 1. The van der Waals surface area contributed by atoms with Crippen molar-refractivity contribution in [2.45, 2.75) is 30.6 Å². The van der Waals surface area contributed by atoms with E-state index in [0.29, 0.717) is 0 Å². The summed E-state index contributed by atoms with van der Waals surface area (Å²) in [5.74, 6) is 0. The van der Waals surface area contributed by atoms with Gasteiger partial charge in [-0.2, -0.15) is 0 Å². The number of aliphatic hydroxyl groups excluding tert-OH is 1. The van der Waals surface area contributed by atoms with Crippen molar-refractivity contribution >= 4 is 33.2 Å². The van der Waals surface area contributed by atoms with Gasteiger partial charge in [0, 0.05) is 18.6 Å². The molecule has 0 heterocycles. The lowest BCUT2D eigenvalue weighted by Gasteiger charge is -2.26. The van der Waals surface area contributed by atoms with E-state index < -0.39 is 10.0 Å². The maximum Gasteiger partial charge on any atom is 0.243 e. The van der Waals surface area contributed by atoms with Gasteiger partial charge in [0.1, 0.15) is 4.90 Å². The number of sulfonamides is 1. The van der Waals surface area contributed by atoms with Crippen molar-refractivity contribution in [1.29, 1.82) is 0 Å². The van der Waals surface area contributed by atoms with Gasteiger partial charge in [-0.15, -0.1) is 0 Å². The van der Waals surface area contributed by atoms with Gasteiger partial charge in [0.05, 0.1) is 10.0 Å². The second-order valence-corrected chi connectivity index (χ2v) is 7.76. The van der Waals surface area contributed by atoms with Crippen LogP contribution in [-0.2, 0) is 10.0 Å². The fraction of sp³-hybridized carbons (Fsp3) is 0.538. The number of hydrogen-bond acceptors (Lipinski definition) is 3. The van der Waals surface area contributed by atoms with Crippen molar-refractivity contribution < 1.29 is 13.5 Å². The average molecular weight is 338 g/mol. The fourth-order valence-electron chi connectivity index (χ4n) is 2.58. The third kappa shape index (κ3) is 3.28. The molecule has 0 aromatic heterocycles. The van der Waals surface area contributed by atoms with Crippen LogP contribution in [0, 0.1) is 5.41 Å². The van der Waals surface area contributed by atoms with Gasteiger partial charge in [0.15, 0.2) is 0 Å². The normalized spacial score (nSPS) is 18.4. The Morgan fingerprint density at radius 3 is 2.25 bits per heavy atom. The first kappa shape index (κ1) is 16.0. The standard InChI is InChI=1S/C13H17Cl2NO3S/c14-10-4-3-5-11(15)12(10)20(18,19)16-8-13(9-17)6-1-2-7-13/h3-5,16-17H,1-2,6-9H2. The molecule has 1 aromatic rings. The van der Waals surface area contributed by atoms with Gasteiger partial charge in [0.25, 0.3) is 0 Å². The predicted octanol–water partition coefficient (Wildman–Crippen LogP) is 2.82. The summed E-state index contributed by atoms with van der Waals surface area (Å²) >= 11 is 11.9. The molecule has 0 saturated heterocycles. The Balaban J connectivity index is 2.20. The van der Waals surface area contributed by atoms with Crippen LogP contribution >= 0.6 is 23.2 Å². The lowest BCUT2D eigenvalue weighted by atomic mass is 9.88. The van der Waals surface area contributed by atoms with E-state index in [9.17, 15) is 13.5 Å². The van der Waals surface area contributed by atoms with Crippen LogP contribution in [0.3, 0.4) is 0 Å². The molecule has 0 radical (unpaired) electrons. The van der Waals surface area contributed by atoms with Crippen LogP contribution in [0.5, 0.6) is 0 Å². The molecule has 1 saturated carbocycles. The molecule has 0 bridgehead atoms.